The van der Waals surface area contributed by atoms with E-state index in [-0.39, 0.29) is 30.2 Å². The van der Waals surface area contributed by atoms with Gasteiger partial charge in [0, 0.05) is 5.56 Å². The van der Waals surface area contributed by atoms with Gasteiger partial charge in [0.05, 0.1) is 32.6 Å². The number of nitrogens with one attached hydrogen (secondary N) is 1. The van der Waals surface area contributed by atoms with Crippen molar-refractivity contribution >= 4 is 5.91 Å². The fourth-order valence-electron chi connectivity index (χ4n) is 4.04. The number of hydrogen-bond donors (Lipinski definition) is 1. The Bertz CT molecular complexity index is 1060. The summed E-state index contributed by atoms with van der Waals surface area (Å²) in [5, 5.41) is 11.5. The fourth-order valence-corrected chi connectivity index (χ4v) is 4.04. The molecular weight excluding hydrogens is 412 g/mol. The second-order valence-electron chi connectivity index (χ2n) is 7.76. The van der Waals surface area contributed by atoms with Crippen LogP contribution in [0, 0.1) is 0 Å². The number of hydrogen-bond acceptors (Lipinski definition) is 7. The number of benzene rings is 2. The minimum absolute atomic E-state index is 0.110. The highest BCUT2D eigenvalue weighted by Crippen LogP contribution is 2.34. The SMILES string of the molecule is COc1ccc(C(=O)NC2COC3C2OCC3n2cc(COc3ccccc3)nn2)cc1. The predicted octanol–water partition coefficient (Wildman–Crippen LogP) is 2.00. The zero-order valence-corrected chi connectivity index (χ0v) is 17.6. The van der Waals surface area contributed by atoms with E-state index in [9.17, 15) is 4.79 Å². The molecular formula is C23H24N4O5. The van der Waals surface area contributed by atoms with Crippen LogP contribution in [-0.4, -0.2) is 59.5 Å². The Hall–Kier alpha value is -3.43. The molecule has 32 heavy (non-hydrogen) atoms. The Kier molecular flexibility index (Phi) is 5.74. The van der Waals surface area contributed by atoms with E-state index < -0.39 is 0 Å². The second-order valence-corrected chi connectivity index (χ2v) is 7.76. The number of para-hydroxylation sites is 1. The van der Waals surface area contributed by atoms with E-state index in [1.165, 1.54) is 0 Å². The Morgan fingerprint density at radius 3 is 2.62 bits per heavy atom. The number of amides is 1. The van der Waals surface area contributed by atoms with Crippen LogP contribution < -0.4 is 14.8 Å². The van der Waals surface area contributed by atoms with Crippen molar-refractivity contribution in [2.24, 2.45) is 0 Å². The third kappa shape index (κ3) is 4.17. The van der Waals surface area contributed by atoms with Crippen LogP contribution >= 0.6 is 0 Å². The molecule has 2 aliphatic heterocycles. The van der Waals surface area contributed by atoms with Crippen LogP contribution in [-0.2, 0) is 16.1 Å². The molecule has 0 spiro atoms. The molecule has 1 aromatic heterocycles. The lowest BCUT2D eigenvalue weighted by atomic mass is 10.1. The topological polar surface area (TPSA) is 96.7 Å². The van der Waals surface area contributed by atoms with Gasteiger partial charge in [-0.3, -0.25) is 4.79 Å². The largest absolute Gasteiger partial charge is 0.497 e. The molecule has 166 valence electrons. The summed E-state index contributed by atoms with van der Waals surface area (Å²) in [6.45, 7) is 1.14. The smallest absolute Gasteiger partial charge is 0.251 e. The molecule has 2 fully saturated rings. The standard InChI is InChI=1S/C23H24N4O5/c1-29-17-9-7-15(8-10-17)23(28)24-19-13-31-22-20(14-32-21(19)22)27-11-16(25-26-27)12-30-18-5-3-2-4-6-18/h2-11,19-22H,12-14H2,1H3,(H,24,28). The first-order chi connectivity index (χ1) is 15.7. The van der Waals surface area contributed by atoms with Gasteiger partial charge in [-0.05, 0) is 36.4 Å². The van der Waals surface area contributed by atoms with E-state index >= 15 is 0 Å². The van der Waals surface area contributed by atoms with Crippen molar-refractivity contribution in [3.63, 3.8) is 0 Å². The summed E-state index contributed by atoms with van der Waals surface area (Å²) in [5.74, 6) is 1.31. The third-order valence-electron chi connectivity index (χ3n) is 5.72. The number of aromatic nitrogens is 3. The fraction of sp³-hybridized carbons (Fsp3) is 0.348. The summed E-state index contributed by atoms with van der Waals surface area (Å²) >= 11 is 0. The number of methoxy groups -OCH3 is 1. The lowest BCUT2D eigenvalue weighted by Crippen LogP contribution is -2.44. The zero-order chi connectivity index (χ0) is 21.9. The number of nitrogens with zero attached hydrogens (tertiary/aromatic N) is 3. The maximum atomic E-state index is 12.6. The van der Waals surface area contributed by atoms with Crippen LogP contribution in [0.2, 0.25) is 0 Å². The predicted molar refractivity (Wildman–Crippen MR) is 114 cm³/mol. The Balaban J connectivity index is 1.19. The Labute approximate surface area is 185 Å². The van der Waals surface area contributed by atoms with E-state index in [4.69, 9.17) is 18.9 Å². The summed E-state index contributed by atoms with van der Waals surface area (Å²) in [4.78, 5) is 12.6. The van der Waals surface area contributed by atoms with Gasteiger partial charge in [0.1, 0.15) is 42.0 Å². The number of carbonyl (C=O) groups is 1. The molecule has 5 rings (SSSR count). The number of rotatable bonds is 7. The van der Waals surface area contributed by atoms with Crippen molar-refractivity contribution in [1.82, 2.24) is 20.3 Å². The molecule has 2 aliphatic rings. The Morgan fingerprint density at radius 1 is 1.06 bits per heavy atom. The molecule has 1 amide bonds. The van der Waals surface area contributed by atoms with Gasteiger partial charge in [0.2, 0.25) is 0 Å². The summed E-state index contributed by atoms with van der Waals surface area (Å²) < 4.78 is 24.6. The van der Waals surface area contributed by atoms with Crippen LogP contribution in [0.25, 0.3) is 0 Å². The molecule has 4 atom stereocenters. The van der Waals surface area contributed by atoms with Crippen molar-refractivity contribution in [2.75, 3.05) is 20.3 Å². The van der Waals surface area contributed by atoms with Crippen LogP contribution in [0.4, 0.5) is 0 Å². The lowest BCUT2D eigenvalue weighted by Gasteiger charge is -2.18. The molecule has 9 nitrogen and oxygen atoms in total. The maximum Gasteiger partial charge on any atom is 0.251 e. The van der Waals surface area contributed by atoms with Gasteiger partial charge in [-0.2, -0.15) is 0 Å². The first-order valence-corrected chi connectivity index (χ1v) is 10.5. The van der Waals surface area contributed by atoms with Crippen molar-refractivity contribution in [2.45, 2.75) is 30.9 Å². The van der Waals surface area contributed by atoms with E-state index in [0.29, 0.717) is 31.1 Å². The van der Waals surface area contributed by atoms with Gasteiger partial charge in [-0.25, -0.2) is 4.68 Å². The van der Waals surface area contributed by atoms with Crippen LogP contribution in [0.15, 0.2) is 60.8 Å². The van der Waals surface area contributed by atoms with Gasteiger partial charge >= 0.3 is 0 Å². The van der Waals surface area contributed by atoms with Crippen molar-refractivity contribution in [3.05, 3.63) is 72.1 Å². The molecule has 1 N–H and O–H groups in total. The van der Waals surface area contributed by atoms with Gasteiger partial charge in [0.25, 0.3) is 5.91 Å². The second kappa shape index (κ2) is 8.97. The monoisotopic (exact) mass is 436 g/mol. The molecule has 3 heterocycles. The van der Waals surface area contributed by atoms with E-state index in [1.807, 2.05) is 36.5 Å². The highest BCUT2D eigenvalue weighted by molar-refractivity contribution is 5.94. The Morgan fingerprint density at radius 2 is 1.84 bits per heavy atom. The van der Waals surface area contributed by atoms with E-state index in [0.717, 1.165) is 11.4 Å². The van der Waals surface area contributed by atoms with Crippen molar-refractivity contribution in [3.8, 4) is 11.5 Å². The first-order valence-electron chi connectivity index (χ1n) is 10.5. The third-order valence-corrected chi connectivity index (χ3v) is 5.72. The lowest BCUT2D eigenvalue weighted by molar-refractivity contribution is 0.0613. The summed E-state index contributed by atoms with van der Waals surface area (Å²) in [6.07, 6.45) is 1.41. The molecule has 0 saturated carbocycles. The molecule has 2 aromatic carbocycles. The van der Waals surface area contributed by atoms with Gasteiger partial charge in [-0.1, -0.05) is 23.4 Å². The van der Waals surface area contributed by atoms with E-state index in [1.54, 1.807) is 36.1 Å². The van der Waals surface area contributed by atoms with E-state index in [2.05, 4.69) is 15.6 Å². The number of fused-ring (bicyclic) bond motifs is 1. The van der Waals surface area contributed by atoms with Crippen molar-refractivity contribution in [1.29, 1.82) is 0 Å². The minimum Gasteiger partial charge on any atom is -0.497 e. The molecule has 0 radical (unpaired) electrons. The zero-order valence-electron chi connectivity index (χ0n) is 17.6. The minimum atomic E-state index is -0.240. The molecule has 0 bridgehead atoms. The summed E-state index contributed by atoms with van der Waals surface area (Å²) in [7, 11) is 1.59. The molecule has 2 saturated heterocycles. The number of ether oxygens (including phenoxy) is 4. The summed E-state index contributed by atoms with van der Waals surface area (Å²) in [6, 6.07) is 16.2. The number of carbonyl (C=O) groups excluding carboxylic acids is 1. The average Bonchev–Trinajstić information content (AvgIpc) is 3.56. The quantitative estimate of drug-likeness (QED) is 0.605. The molecule has 0 aliphatic carbocycles. The first kappa shape index (κ1) is 20.5. The normalized spacial score (nSPS) is 24.2. The highest BCUT2D eigenvalue weighted by atomic mass is 16.6. The van der Waals surface area contributed by atoms with Crippen molar-refractivity contribution < 1.29 is 23.7 Å². The average molecular weight is 436 g/mol. The molecule has 4 unspecified atom stereocenters. The van der Waals surface area contributed by atoms with Crippen LogP contribution in [0.3, 0.4) is 0 Å². The van der Waals surface area contributed by atoms with Gasteiger partial charge < -0.3 is 24.3 Å². The summed E-state index contributed by atoms with van der Waals surface area (Å²) in [5.41, 5.74) is 1.28. The van der Waals surface area contributed by atoms with Crippen LogP contribution in [0.5, 0.6) is 11.5 Å². The maximum absolute atomic E-state index is 12.6. The van der Waals surface area contributed by atoms with Gasteiger partial charge in [-0.15, -0.1) is 5.10 Å². The molecule has 3 aromatic rings. The molecule has 9 heteroatoms. The van der Waals surface area contributed by atoms with Gasteiger partial charge in [0.15, 0.2) is 0 Å². The highest BCUT2D eigenvalue weighted by Gasteiger charge is 2.49. The van der Waals surface area contributed by atoms with Crippen LogP contribution in [0.1, 0.15) is 22.1 Å².